The number of hydrogen-bond acceptors (Lipinski definition) is 1. The summed E-state index contributed by atoms with van der Waals surface area (Å²) in [4.78, 5) is 0. The topological polar surface area (TPSA) is 20.2 Å². The molecule has 0 bridgehead atoms. The van der Waals surface area contributed by atoms with Crippen LogP contribution in [0.4, 0.5) is 0 Å². The molecule has 0 radical (unpaired) electrons. The van der Waals surface area contributed by atoms with E-state index < -0.39 is 5.60 Å². The Morgan fingerprint density at radius 2 is 1.53 bits per heavy atom. The predicted molar refractivity (Wildman–Crippen MR) is 79.9 cm³/mol. The first-order valence-electron chi connectivity index (χ1n) is 8.39. The predicted octanol–water partition coefficient (Wildman–Crippen LogP) is 4.76. The molecule has 0 aliphatic heterocycles. The molecule has 0 heterocycles. The zero-order valence-electron chi connectivity index (χ0n) is 12.1. The number of hydrogen-bond donors (Lipinski definition) is 1. The first-order chi connectivity index (χ1) is 9.28. The Morgan fingerprint density at radius 3 is 2.21 bits per heavy atom. The van der Waals surface area contributed by atoms with Crippen LogP contribution < -0.4 is 0 Å². The molecule has 0 aromatic rings. The molecule has 19 heavy (non-hydrogen) atoms. The van der Waals surface area contributed by atoms with E-state index in [1.165, 1.54) is 69.8 Å². The number of rotatable bonds is 2. The highest BCUT2D eigenvalue weighted by atomic mass is 16.3. The average Bonchev–Trinajstić information content (AvgIpc) is 2.49. The van der Waals surface area contributed by atoms with Gasteiger partial charge in [-0.15, -0.1) is 0 Å². The van der Waals surface area contributed by atoms with Crippen LogP contribution in [0.15, 0.2) is 23.8 Å². The van der Waals surface area contributed by atoms with Crippen LogP contribution in [0.3, 0.4) is 0 Å². The first kappa shape index (κ1) is 13.4. The van der Waals surface area contributed by atoms with Crippen LogP contribution in [0, 0.1) is 11.8 Å². The van der Waals surface area contributed by atoms with Crippen LogP contribution in [0.2, 0.25) is 0 Å². The van der Waals surface area contributed by atoms with Crippen molar-refractivity contribution >= 4 is 0 Å². The van der Waals surface area contributed by atoms with E-state index in [4.69, 9.17) is 0 Å². The van der Waals surface area contributed by atoms with Crippen LogP contribution in [0.1, 0.15) is 70.6 Å². The van der Waals surface area contributed by atoms with Crippen LogP contribution >= 0.6 is 0 Å². The van der Waals surface area contributed by atoms with E-state index in [1.54, 1.807) is 0 Å². The van der Waals surface area contributed by atoms with Gasteiger partial charge in [0.2, 0.25) is 0 Å². The molecule has 0 amide bonds. The van der Waals surface area contributed by atoms with Gasteiger partial charge in [0, 0.05) is 6.42 Å². The van der Waals surface area contributed by atoms with Crippen molar-refractivity contribution < 1.29 is 5.11 Å². The molecular weight excluding hydrogens is 232 g/mol. The summed E-state index contributed by atoms with van der Waals surface area (Å²) in [5.74, 6) is 1.26. The van der Waals surface area contributed by atoms with Crippen molar-refractivity contribution in [3.8, 4) is 0 Å². The zero-order valence-corrected chi connectivity index (χ0v) is 12.1. The highest BCUT2D eigenvalue weighted by Crippen LogP contribution is 2.42. The van der Waals surface area contributed by atoms with Crippen LogP contribution in [0.25, 0.3) is 0 Å². The molecule has 2 fully saturated rings. The Kier molecular flexibility index (Phi) is 4.12. The molecule has 1 N–H and O–H groups in total. The van der Waals surface area contributed by atoms with Crippen molar-refractivity contribution in [3.05, 3.63) is 23.8 Å². The Labute approximate surface area is 117 Å². The molecule has 1 heteroatoms. The molecule has 106 valence electrons. The van der Waals surface area contributed by atoms with E-state index in [0.29, 0.717) is 5.92 Å². The molecule has 3 aliphatic carbocycles. The summed E-state index contributed by atoms with van der Waals surface area (Å²) in [5.41, 5.74) is 1.01. The Balaban J connectivity index is 1.68. The van der Waals surface area contributed by atoms with E-state index in [-0.39, 0.29) is 0 Å². The van der Waals surface area contributed by atoms with Gasteiger partial charge in [0.05, 0.1) is 5.60 Å². The zero-order chi connectivity index (χ0) is 13.1. The Morgan fingerprint density at radius 1 is 0.895 bits per heavy atom. The van der Waals surface area contributed by atoms with E-state index in [1.807, 2.05) is 0 Å². The third-order valence-electron chi connectivity index (χ3n) is 5.62. The molecular formula is C18H28O. The highest BCUT2D eigenvalue weighted by Gasteiger charge is 2.38. The van der Waals surface area contributed by atoms with Gasteiger partial charge in [0.1, 0.15) is 0 Å². The molecule has 2 saturated carbocycles. The lowest BCUT2D eigenvalue weighted by atomic mass is 9.69. The summed E-state index contributed by atoms with van der Waals surface area (Å²) < 4.78 is 0. The average molecular weight is 260 g/mol. The second-order valence-corrected chi connectivity index (χ2v) is 6.94. The van der Waals surface area contributed by atoms with Gasteiger partial charge in [-0.05, 0) is 37.5 Å². The largest absolute Gasteiger partial charge is 0.385 e. The summed E-state index contributed by atoms with van der Waals surface area (Å²) in [6, 6.07) is 0. The number of allylic oxidation sites excluding steroid dienone is 2. The molecule has 1 nitrogen and oxygen atoms in total. The van der Waals surface area contributed by atoms with Crippen LogP contribution in [-0.2, 0) is 0 Å². The van der Waals surface area contributed by atoms with Gasteiger partial charge in [-0.2, -0.15) is 0 Å². The lowest BCUT2D eigenvalue weighted by molar-refractivity contribution is 0.00750. The summed E-state index contributed by atoms with van der Waals surface area (Å²) >= 11 is 0. The van der Waals surface area contributed by atoms with Gasteiger partial charge in [0.15, 0.2) is 0 Å². The van der Waals surface area contributed by atoms with Crippen molar-refractivity contribution in [2.45, 2.75) is 76.2 Å². The summed E-state index contributed by atoms with van der Waals surface area (Å²) in [6.07, 6.45) is 20.7. The first-order valence-corrected chi connectivity index (χ1v) is 8.39. The molecule has 1 unspecified atom stereocenters. The maximum Gasteiger partial charge on any atom is 0.0895 e. The van der Waals surface area contributed by atoms with Crippen molar-refractivity contribution in [1.82, 2.24) is 0 Å². The van der Waals surface area contributed by atoms with E-state index in [2.05, 4.69) is 18.2 Å². The van der Waals surface area contributed by atoms with Gasteiger partial charge in [-0.1, -0.05) is 62.3 Å². The maximum atomic E-state index is 11.1. The van der Waals surface area contributed by atoms with Crippen molar-refractivity contribution in [2.75, 3.05) is 0 Å². The van der Waals surface area contributed by atoms with Crippen LogP contribution in [0.5, 0.6) is 0 Å². The van der Waals surface area contributed by atoms with Gasteiger partial charge >= 0.3 is 0 Å². The fraction of sp³-hybridized carbons (Fsp3) is 0.778. The van der Waals surface area contributed by atoms with Gasteiger partial charge in [-0.25, -0.2) is 0 Å². The molecule has 0 aromatic carbocycles. The molecule has 0 aromatic heterocycles. The fourth-order valence-electron chi connectivity index (χ4n) is 4.42. The number of aliphatic hydroxyl groups is 1. The van der Waals surface area contributed by atoms with Crippen LogP contribution in [-0.4, -0.2) is 10.7 Å². The van der Waals surface area contributed by atoms with Gasteiger partial charge in [-0.3, -0.25) is 0 Å². The summed E-state index contributed by atoms with van der Waals surface area (Å²) in [7, 11) is 0. The molecule has 3 rings (SSSR count). The van der Waals surface area contributed by atoms with Crippen molar-refractivity contribution in [3.63, 3.8) is 0 Å². The minimum atomic E-state index is -0.526. The minimum absolute atomic E-state index is 0.504. The SMILES string of the molecule is OC1(C2CCCCC2)C=CC=C(C2CCCCC2)C1. The normalized spacial score (nSPS) is 34.3. The lowest BCUT2D eigenvalue weighted by Crippen LogP contribution is -2.39. The van der Waals surface area contributed by atoms with E-state index in [0.717, 1.165) is 12.3 Å². The Bertz CT molecular complexity index is 356. The third kappa shape index (κ3) is 2.97. The minimum Gasteiger partial charge on any atom is -0.385 e. The molecule has 3 aliphatic rings. The second kappa shape index (κ2) is 5.83. The monoisotopic (exact) mass is 260 g/mol. The van der Waals surface area contributed by atoms with E-state index in [9.17, 15) is 5.11 Å². The molecule has 0 spiro atoms. The second-order valence-electron chi connectivity index (χ2n) is 6.94. The smallest absolute Gasteiger partial charge is 0.0895 e. The van der Waals surface area contributed by atoms with Gasteiger partial charge in [0.25, 0.3) is 0 Å². The summed E-state index contributed by atoms with van der Waals surface area (Å²) in [6.45, 7) is 0. The van der Waals surface area contributed by atoms with Crippen molar-refractivity contribution in [1.29, 1.82) is 0 Å². The van der Waals surface area contributed by atoms with E-state index >= 15 is 0 Å². The van der Waals surface area contributed by atoms with Crippen molar-refractivity contribution in [2.24, 2.45) is 11.8 Å². The lowest BCUT2D eigenvalue weighted by Gasteiger charge is -2.40. The standard InChI is InChI=1S/C18H28O/c19-18(17-11-5-2-6-12-17)13-7-10-16(14-18)15-8-3-1-4-9-15/h7,10,13,15,17,19H,1-6,8-9,11-12,14H2. The Hall–Kier alpha value is -0.560. The quantitative estimate of drug-likeness (QED) is 0.758. The highest BCUT2D eigenvalue weighted by molar-refractivity contribution is 5.28. The van der Waals surface area contributed by atoms with Gasteiger partial charge < -0.3 is 5.11 Å². The molecule has 1 atom stereocenters. The third-order valence-corrected chi connectivity index (χ3v) is 5.62. The maximum absolute atomic E-state index is 11.1. The molecule has 0 saturated heterocycles. The fourth-order valence-corrected chi connectivity index (χ4v) is 4.42. The summed E-state index contributed by atoms with van der Waals surface area (Å²) in [5, 5.41) is 11.1.